The van der Waals surface area contributed by atoms with Gasteiger partial charge in [-0.25, -0.2) is 4.39 Å². The standard InChI is InChI=1S/C17H27FN2/c1-4-19-16(14-7-5-8-15(18)13-14)9-12-20-11-6-10-17(20,2)3/h5,7-8,13,16,19H,4,6,9-12H2,1-3H3. The highest BCUT2D eigenvalue weighted by atomic mass is 19.1. The summed E-state index contributed by atoms with van der Waals surface area (Å²) in [5, 5.41) is 3.48. The van der Waals surface area contributed by atoms with Gasteiger partial charge in [0.05, 0.1) is 0 Å². The Morgan fingerprint density at radius 1 is 1.40 bits per heavy atom. The van der Waals surface area contributed by atoms with Crippen LogP contribution in [0.2, 0.25) is 0 Å². The lowest BCUT2D eigenvalue weighted by Gasteiger charge is -2.33. The van der Waals surface area contributed by atoms with E-state index in [1.807, 2.05) is 6.07 Å². The maximum Gasteiger partial charge on any atom is 0.123 e. The molecule has 20 heavy (non-hydrogen) atoms. The molecular formula is C17H27FN2. The van der Waals surface area contributed by atoms with E-state index < -0.39 is 0 Å². The van der Waals surface area contributed by atoms with Crippen molar-refractivity contribution >= 4 is 0 Å². The van der Waals surface area contributed by atoms with Gasteiger partial charge in [0, 0.05) is 18.1 Å². The smallest absolute Gasteiger partial charge is 0.123 e. The summed E-state index contributed by atoms with van der Waals surface area (Å²) < 4.78 is 13.4. The van der Waals surface area contributed by atoms with Crippen LogP contribution in [0.3, 0.4) is 0 Å². The van der Waals surface area contributed by atoms with Gasteiger partial charge in [-0.1, -0.05) is 19.1 Å². The summed E-state index contributed by atoms with van der Waals surface area (Å²) in [5.74, 6) is -0.146. The first-order chi connectivity index (χ1) is 9.53. The predicted octanol–water partition coefficient (Wildman–Crippen LogP) is 3.74. The molecule has 112 valence electrons. The van der Waals surface area contributed by atoms with Gasteiger partial charge in [0.15, 0.2) is 0 Å². The van der Waals surface area contributed by atoms with E-state index in [1.54, 1.807) is 12.1 Å². The fourth-order valence-corrected chi connectivity index (χ4v) is 3.22. The van der Waals surface area contributed by atoms with Crippen molar-refractivity contribution in [2.24, 2.45) is 0 Å². The molecule has 1 N–H and O–H groups in total. The van der Waals surface area contributed by atoms with E-state index in [0.717, 1.165) is 25.1 Å². The average molecular weight is 278 g/mol. The van der Waals surface area contributed by atoms with E-state index in [4.69, 9.17) is 0 Å². The quantitative estimate of drug-likeness (QED) is 0.852. The van der Waals surface area contributed by atoms with Crippen molar-refractivity contribution in [2.45, 2.75) is 51.6 Å². The van der Waals surface area contributed by atoms with Gasteiger partial charge >= 0.3 is 0 Å². The minimum atomic E-state index is -0.146. The molecule has 0 aromatic heterocycles. The highest BCUT2D eigenvalue weighted by molar-refractivity contribution is 5.20. The van der Waals surface area contributed by atoms with Gasteiger partial charge in [-0.2, -0.15) is 0 Å². The molecule has 3 heteroatoms. The van der Waals surface area contributed by atoms with Crippen LogP contribution < -0.4 is 5.32 Å². The molecule has 1 aliphatic heterocycles. The van der Waals surface area contributed by atoms with Gasteiger partial charge in [0.1, 0.15) is 5.82 Å². The number of halogens is 1. The molecule has 0 radical (unpaired) electrons. The highest BCUT2D eigenvalue weighted by Crippen LogP contribution is 2.29. The van der Waals surface area contributed by atoms with Gasteiger partial charge in [-0.15, -0.1) is 0 Å². The van der Waals surface area contributed by atoms with Crippen LogP contribution in [-0.4, -0.2) is 30.1 Å². The van der Waals surface area contributed by atoms with Crippen molar-refractivity contribution in [1.82, 2.24) is 10.2 Å². The number of likely N-dealkylation sites (tertiary alicyclic amines) is 1. The molecule has 0 saturated carbocycles. The SMILES string of the molecule is CCNC(CCN1CCCC1(C)C)c1cccc(F)c1. The Bertz CT molecular complexity index is 431. The first kappa shape index (κ1) is 15.5. The molecule has 0 spiro atoms. The summed E-state index contributed by atoms with van der Waals surface area (Å²) >= 11 is 0. The molecule has 1 unspecified atom stereocenters. The summed E-state index contributed by atoms with van der Waals surface area (Å²) in [4.78, 5) is 2.57. The molecule has 1 aliphatic rings. The number of nitrogens with one attached hydrogen (secondary N) is 1. The van der Waals surface area contributed by atoms with E-state index in [0.29, 0.717) is 5.54 Å². The number of hydrogen-bond acceptors (Lipinski definition) is 2. The fourth-order valence-electron chi connectivity index (χ4n) is 3.22. The fraction of sp³-hybridized carbons (Fsp3) is 0.647. The van der Waals surface area contributed by atoms with Crippen LogP contribution in [-0.2, 0) is 0 Å². The Balaban J connectivity index is 1.99. The molecule has 1 atom stereocenters. The molecule has 1 aromatic carbocycles. The molecule has 1 fully saturated rings. The Hall–Kier alpha value is -0.930. The summed E-state index contributed by atoms with van der Waals surface area (Å²) in [6.45, 7) is 9.92. The zero-order valence-electron chi connectivity index (χ0n) is 13.0. The van der Waals surface area contributed by atoms with Gasteiger partial charge in [0.2, 0.25) is 0 Å². The van der Waals surface area contributed by atoms with Crippen molar-refractivity contribution in [3.63, 3.8) is 0 Å². The minimum absolute atomic E-state index is 0.146. The molecule has 0 bridgehead atoms. The summed E-state index contributed by atoms with van der Waals surface area (Å²) in [5.41, 5.74) is 1.38. The number of hydrogen-bond donors (Lipinski definition) is 1. The second kappa shape index (κ2) is 6.68. The van der Waals surface area contributed by atoms with Crippen LogP contribution >= 0.6 is 0 Å². The predicted molar refractivity (Wildman–Crippen MR) is 82.3 cm³/mol. The third-order valence-corrected chi connectivity index (χ3v) is 4.46. The first-order valence-electron chi connectivity index (χ1n) is 7.77. The zero-order valence-corrected chi connectivity index (χ0v) is 13.0. The van der Waals surface area contributed by atoms with E-state index in [-0.39, 0.29) is 11.9 Å². The second-order valence-electron chi connectivity index (χ2n) is 6.36. The molecule has 2 nitrogen and oxygen atoms in total. The largest absolute Gasteiger partial charge is 0.310 e. The van der Waals surface area contributed by atoms with Gasteiger partial charge in [0.25, 0.3) is 0 Å². The Morgan fingerprint density at radius 2 is 2.20 bits per heavy atom. The topological polar surface area (TPSA) is 15.3 Å². The summed E-state index contributed by atoms with van der Waals surface area (Å²) in [6.07, 6.45) is 3.60. The van der Waals surface area contributed by atoms with Crippen LogP contribution in [0.1, 0.15) is 51.6 Å². The molecular weight excluding hydrogens is 251 g/mol. The molecule has 1 saturated heterocycles. The molecule has 1 aromatic rings. The van der Waals surface area contributed by atoms with Crippen LogP contribution in [0.25, 0.3) is 0 Å². The Kier molecular flexibility index (Phi) is 5.17. The maximum absolute atomic E-state index is 13.4. The van der Waals surface area contributed by atoms with E-state index >= 15 is 0 Å². The number of nitrogens with zero attached hydrogens (tertiary/aromatic N) is 1. The Morgan fingerprint density at radius 3 is 2.80 bits per heavy atom. The lowest BCUT2D eigenvalue weighted by molar-refractivity contribution is 0.166. The maximum atomic E-state index is 13.4. The zero-order chi connectivity index (χ0) is 14.6. The van der Waals surface area contributed by atoms with Gasteiger partial charge < -0.3 is 5.32 Å². The van der Waals surface area contributed by atoms with Crippen molar-refractivity contribution in [2.75, 3.05) is 19.6 Å². The van der Waals surface area contributed by atoms with E-state index in [2.05, 4.69) is 31.0 Å². The van der Waals surface area contributed by atoms with Gasteiger partial charge in [-0.05, 0) is 63.9 Å². The average Bonchev–Trinajstić information content (AvgIpc) is 2.73. The van der Waals surface area contributed by atoms with Crippen LogP contribution in [0.5, 0.6) is 0 Å². The van der Waals surface area contributed by atoms with E-state index in [1.165, 1.54) is 25.5 Å². The van der Waals surface area contributed by atoms with E-state index in [9.17, 15) is 4.39 Å². The number of rotatable bonds is 6. The molecule has 0 amide bonds. The van der Waals surface area contributed by atoms with Crippen molar-refractivity contribution in [1.29, 1.82) is 0 Å². The molecule has 2 rings (SSSR count). The monoisotopic (exact) mass is 278 g/mol. The Labute approximate surface area is 122 Å². The minimum Gasteiger partial charge on any atom is -0.310 e. The summed E-state index contributed by atoms with van der Waals surface area (Å²) in [6, 6.07) is 7.23. The molecule has 0 aliphatic carbocycles. The van der Waals surface area contributed by atoms with Crippen LogP contribution in [0, 0.1) is 5.82 Å². The van der Waals surface area contributed by atoms with Crippen LogP contribution in [0.15, 0.2) is 24.3 Å². The second-order valence-corrected chi connectivity index (χ2v) is 6.36. The third kappa shape index (κ3) is 3.80. The lowest BCUT2D eigenvalue weighted by Crippen LogP contribution is -2.40. The third-order valence-electron chi connectivity index (χ3n) is 4.46. The van der Waals surface area contributed by atoms with Crippen molar-refractivity contribution < 1.29 is 4.39 Å². The van der Waals surface area contributed by atoms with Crippen molar-refractivity contribution in [3.05, 3.63) is 35.6 Å². The van der Waals surface area contributed by atoms with Crippen molar-refractivity contribution in [3.8, 4) is 0 Å². The highest BCUT2D eigenvalue weighted by Gasteiger charge is 2.31. The normalized spacial score (nSPS) is 20.2. The first-order valence-corrected chi connectivity index (χ1v) is 7.77. The summed E-state index contributed by atoms with van der Waals surface area (Å²) in [7, 11) is 0. The molecule has 1 heterocycles. The van der Waals surface area contributed by atoms with Crippen LogP contribution in [0.4, 0.5) is 4.39 Å². The number of benzene rings is 1. The lowest BCUT2D eigenvalue weighted by atomic mass is 10.00. The van der Waals surface area contributed by atoms with Gasteiger partial charge in [-0.3, -0.25) is 4.90 Å².